The number of nitrogens with one attached hydrogen (secondary N) is 1. The van der Waals surface area contributed by atoms with Crippen LogP contribution in [0.25, 0.3) is 0 Å². The van der Waals surface area contributed by atoms with Crippen molar-refractivity contribution in [3.05, 3.63) is 36.2 Å². The van der Waals surface area contributed by atoms with Gasteiger partial charge >= 0.3 is 0 Å². The Labute approximate surface area is 92.3 Å². The number of aryl methyl sites for hydroxylation is 1. The lowest BCUT2D eigenvalue weighted by Crippen LogP contribution is -1.94. The van der Waals surface area contributed by atoms with Crippen molar-refractivity contribution in [3.8, 4) is 0 Å². The van der Waals surface area contributed by atoms with Gasteiger partial charge < -0.3 is 4.98 Å². The van der Waals surface area contributed by atoms with E-state index in [2.05, 4.69) is 15.1 Å². The molecular weight excluding hydrogens is 208 g/mol. The first-order chi connectivity index (χ1) is 7.80. The summed E-state index contributed by atoms with van der Waals surface area (Å²) < 4.78 is 1.71. The zero-order valence-corrected chi connectivity index (χ0v) is 8.83. The van der Waals surface area contributed by atoms with E-state index >= 15 is 0 Å². The van der Waals surface area contributed by atoms with Crippen LogP contribution < -0.4 is 0 Å². The molecule has 16 heavy (non-hydrogen) atoms. The number of imidazole rings is 1. The van der Waals surface area contributed by atoms with E-state index in [-0.39, 0.29) is 0 Å². The predicted molar refractivity (Wildman–Crippen MR) is 57.3 cm³/mol. The van der Waals surface area contributed by atoms with Crippen LogP contribution in [-0.2, 0) is 6.54 Å². The van der Waals surface area contributed by atoms with Gasteiger partial charge in [0.05, 0.1) is 18.2 Å². The van der Waals surface area contributed by atoms with Crippen molar-refractivity contribution in [2.24, 2.45) is 0 Å². The topological polar surface area (TPSA) is 80.6 Å². The number of aromatic amines is 1. The van der Waals surface area contributed by atoms with Crippen molar-refractivity contribution >= 4 is 12.6 Å². The predicted octanol–water partition coefficient (Wildman–Crippen LogP) is 0.938. The van der Waals surface area contributed by atoms with Crippen LogP contribution in [0.15, 0.2) is 24.8 Å². The van der Waals surface area contributed by atoms with Crippen molar-refractivity contribution in [1.82, 2.24) is 19.7 Å². The highest BCUT2D eigenvalue weighted by Gasteiger charge is 1.91. The molecule has 6 nitrogen and oxygen atoms in total. The fourth-order valence-electron chi connectivity index (χ4n) is 0.947. The van der Waals surface area contributed by atoms with Crippen LogP contribution in [0.2, 0.25) is 0 Å². The second kappa shape index (κ2) is 6.28. The molecule has 0 saturated heterocycles. The Morgan fingerprint density at radius 2 is 2.25 bits per heavy atom. The fraction of sp³-hybridized carbons (Fsp3) is 0.200. The van der Waals surface area contributed by atoms with E-state index < -0.39 is 0 Å². The number of rotatable bonds is 3. The van der Waals surface area contributed by atoms with Gasteiger partial charge in [-0.3, -0.25) is 14.3 Å². The molecule has 0 aliphatic heterocycles. The molecule has 0 saturated carbocycles. The van der Waals surface area contributed by atoms with Gasteiger partial charge in [0, 0.05) is 12.7 Å². The van der Waals surface area contributed by atoms with Crippen molar-refractivity contribution in [1.29, 1.82) is 0 Å². The van der Waals surface area contributed by atoms with Crippen molar-refractivity contribution in [2.75, 3.05) is 0 Å². The highest BCUT2D eigenvalue weighted by Crippen LogP contribution is 1.89. The van der Waals surface area contributed by atoms with E-state index in [1.807, 2.05) is 6.92 Å². The minimum atomic E-state index is 0.497. The number of hydrogen-bond donors (Lipinski definition) is 1. The number of carbonyl (C=O) groups excluding carboxylic acids is 2. The van der Waals surface area contributed by atoms with Gasteiger partial charge in [-0.1, -0.05) is 0 Å². The second-order valence-electron chi connectivity index (χ2n) is 2.84. The first-order valence-corrected chi connectivity index (χ1v) is 4.72. The molecule has 0 aliphatic carbocycles. The molecule has 2 aromatic heterocycles. The lowest BCUT2D eigenvalue weighted by atomic mass is 10.5. The highest BCUT2D eigenvalue weighted by molar-refractivity contribution is 5.71. The summed E-state index contributed by atoms with van der Waals surface area (Å²) in [7, 11) is 0. The normalized spacial score (nSPS) is 9.06. The van der Waals surface area contributed by atoms with Crippen LogP contribution in [0.1, 0.15) is 27.9 Å². The molecule has 1 N–H and O–H groups in total. The number of hydrogen-bond acceptors (Lipinski definition) is 4. The van der Waals surface area contributed by atoms with Gasteiger partial charge in [0.2, 0.25) is 0 Å². The van der Waals surface area contributed by atoms with Crippen LogP contribution in [0.5, 0.6) is 0 Å². The maximum atomic E-state index is 10.1. The summed E-state index contributed by atoms with van der Waals surface area (Å²) in [6, 6.07) is 1.69. The SMILES string of the molecule is CCn1ccc(C=O)n1.O=Cc1cnc[nH]1. The average molecular weight is 220 g/mol. The van der Waals surface area contributed by atoms with E-state index in [4.69, 9.17) is 0 Å². The maximum absolute atomic E-state index is 10.1. The van der Waals surface area contributed by atoms with Gasteiger partial charge in [0.15, 0.2) is 12.6 Å². The first-order valence-electron chi connectivity index (χ1n) is 4.72. The van der Waals surface area contributed by atoms with Crippen LogP contribution in [0.3, 0.4) is 0 Å². The Bertz CT molecular complexity index is 433. The third-order valence-corrected chi connectivity index (χ3v) is 1.75. The zero-order valence-electron chi connectivity index (χ0n) is 8.83. The Hall–Kier alpha value is -2.24. The molecule has 6 heteroatoms. The number of aromatic nitrogens is 4. The van der Waals surface area contributed by atoms with E-state index in [9.17, 15) is 9.59 Å². The van der Waals surface area contributed by atoms with Crippen molar-refractivity contribution in [2.45, 2.75) is 13.5 Å². The highest BCUT2D eigenvalue weighted by atomic mass is 16.1. The Morgan fingerprint density at radius 3 is 2.56 bits per heavy atom. The third-order valence-electron chi connectivity index (χ3n) is 1.75. The molecule has 0 spiro atoms. The molecule has 0 aromatic carbocycles. The number of nitrogens with zero attached hydrogens (tertiary/aromatic N) is 3. The number of H-pyrrole nitrogens is 1. The summed E-state index contributed by atoms with van der Waals surface area (Å²) >= 11 is 0. The van der Waals surface area contributed by atoms with E-state index in [1.165, 1.54) is 12.5 Å². The van der Waals surface area contributed by atoms with Gasteiger partial charge in [-0.25, -0.2) is 4.98 Å². The van der Waals surface area contributed by atoms with E-state index in [0.717, 1.165) is 12.8 Å². The van der Waals surface area contributed by atoms with Crippen LogP contribution in [0, 0.1) is 0 Å². The molecule has 84 valence electrons. The lowest BCUT2D eigenvalue weighted by molar-refractivity contribution is 0.111. The summed E-state index contributed by atoms with van der Waals surface area (Å²) in [6.45, 7) is 2.79. The molecular formula is C10H12N4O2. The number of aldehydes is 2. The standard InChI is InChI=1S/C6H8N2O.C4H4N2O/c1-2-8-4-3-6(5-9)7-8;7-2-4-1-5-3-6-4/h3-5H,2H2,1H3;1-3H,(H,5,6). The smallest absolute Gasteiger partial charge is 0.170 e. The second-order valence-corrected chi connectivity index (χ2v) is 2.84. The molecule has 2 heterocycles. The van der Waals surface area contributed by atoms with E-state index in [1.54, 1.807) is 16.9 Å². The maximum Gasteiger partial charge on any atom is 0.170 e. The van der Waals surface area contributed by atoms with Gasteiger partial charge in [-0.2, -0.15) is 5.10 Å². The molecule has 0 unspecified atom stereocenters. The van der Waals surface area contributed by atoms with Crippen LogP contribution >= 0.6 is 0 Å². The molecule has 2 aromatic rings. The summed E-state index contributed by atoms with van der Waals surface area (Å²) in [6.07, 6.45) is 6.17. The Morgan fingerprint density at radius 1 is 1.44 bits per heavy atom. The average Bonchev–Trinajstić information content (AvgIpc) is 3.00. The summed E-state index contributed by atoms with van der Waals surface area (Å²) in [5.41, 5.74) is 1.01. The van der Waals surface area contributed by atoms with Crippen LogP contribution in [-0.4, -0.2) is 32.3 Å². The van der Waals surface area contributed by atoms with Gasteiger partial charge in [-0.05, 0) is 13.0 Å². The Balaban J connectivity index is 0.000000165. The largest absolute Gasteiger partial charge is 0.342 e. The minimum absolute atomic E-state index is 0.497. The van der Waals surface area contributed by atoms with Crippen LogP contribution in [0.4, 0.5) is 0 Å². The fourth-order valence-corrected chi connectivity index (χ4v) is 0.947. The third kappa shape index (κ3) is 3.49. The summed E-state index contributed by atoms with van der Waals surface area (Å²) in [4.78, 5) is 26.1. The zero-order chi connectivity index (χ0) is 11.8. The Kier molecular flexibility index (Phi) is 4.65. The molecule has 0 aliphatic rings. The quantitative estimate of drug-likeness (QED) is 0.780. The van der Waals surface area contributed by atoms with Crippen molar-refractivity contribution in [3.63, 3.8) is 0 Å². The first kappa shape index (κ1) is 11.8. The molecule has 0 bridgehead atoms. The van der Waals surface area contributed by atoms with Crippen molar-refractivity contribution < 1.29 is 9.59 Å². The summed E-state index contributed by atoms with van der Waals surface area (Å²) in [5.74, 6) is 0. The molecule has 0 amide bonds. The van der Waals surface area contributed by atoms with E-state index in [0.29, 0.717) is 17.7 Å². The summed E-state index contributed by atoms with van der Waals surface area (Å²) in [5, 5.41) is 3.90. The molecule has 0 radical (unpaired) electrons. The van der Waals surface area contributed by atoms with Gasteiger partial charge in [0.1, 0.15) is 5.69 Å². The number of carbonyl (C=O) groups is 2. The minimum Gasteiger partial charge on any atom is -0.342 e. The molecule has 0 fully saturated rings. The van der Waals surface area contributed by atoms with Gasteiger partial charge in [-0.15, -0.1) is 0 Å². The van der Waals surface area contributed by atoms with Gasteiger partial charge in [0.25, 0.3) is 0 Å². The molecule has 2 rings (SSSR count). The monoisotopic (exact) mass is 220 g/mol. The lowest BCUT2D eigenvalue weighted by Gasteiger charge is -1.88. The molecule has 0 atom stereocenters.